The number of hydrogen-bond donors (Lipinski definition) is 1. The van der Waals surface area contributed by atoms with Gasteiger partial charge < -0.3 is 9.88 Å². The average molecular weight is 180 g/mol. The minimum atomic E-state index is 1.01. The molecule has 0 bridgehead atoms. The van der Waals surface area contributed by atoms with Crippen molar-refractivity contribution in [3.05, 3.63) is 24.0 Å². The van der Waals surface area contributed by atoms with E-state index in [1.165, 1.54) is 18.4 Å². The summed E-state index contributed by atoms with van der Waals surface area (Å²) >= 11 is 0. The summed E-state index contributed by atoms with van der Waals surface area (Å²) in [4.78, 5) is 0. The van der Waals surface area contributed by atoms with Crippen molar-refractivity contribution in [1.29, 1.82) is 0 Å². The maximum Gasteiger partial charge on any atom is 0.0220 e. The molecule has 0 saturated heterocycles. The second-order valence-corrected chi connectivity index (χ2v) is 3.38. The van der Waals surface area contributed by atoms with Crippen molar-refractivity contribution in [1.82, 2.24) is 9.88 Å². The van der Waals surface area contributed by atoms with Crippen molar-refractivity contribution < 1.29 is 0 Å². The molecule has 74 valence electrons. The Labute approximate surface area is 81.0 Å². The SMILES string of the molecule is CCCCNCc1ccn(CC)c1. The summed E-state index contributed by atoms with van der Waals surface area (Å²) in [7, 11) is 0. The second kappa shape index (κ2) is 5.81. The van der Waals surface area contributed by atoms with Gasteiger partial charge in [-0.2, -0.15) is 0 Å². The number of rotatable bonds is 6. The molecule has 0 radical (unpaired) electrons. The van der Waals surface area contributed by atoms with Crippen molar-refractivity contribution in [2.75, 3.05) is 6.54 Å². The molecule has 0 aliphatic carbocycles. The van der Waals surface area contributed by atoms with Gasteiger partial charge in [0.15, 0.2) is 0 Å². The van der Waals surface area contributed by atoms with E-state index in [0.717, 1.165) is 19.6 Å². The number of nitrogens with one attached hydrogen (secondary N) is 1. The van der Waals surface area contributed by atoms with Gasteiger partial charge in [0, 0.05) is 25.5 Å². The molecule has 0 amide bonds. The molecule has 2 nitrogen and oxygen atoms in total. The van der Waals surface area contributed by atoms with Gasteiger partial charge in [-0.05, 0) is 31.5 Å². The highest BCUT2D eigenvalue weighted by Crippen LogP contribution is 2.00. The third kappa shape index (κ3) is 3.64. The fraction of sp³-hybridized carbons (Fsp3) is 0.636. The molecule has 0 unspecified atom stereocenters. The fourth-order valence-electron chi connectivity index (χ4n) is 1.33. The highest BCUT2D eigenvalue weighted by atomic mass is 14.9. The van der Waals surface area contributed by atoms with Crippen LogP contribution in [0.15, 0.2) is 18.5 Å². The summed E-state index contributed by atoms with van der Waals surface area (Å²) in [5.41, 5.74) is 1.39. The molecule has 0 spiro atoms. The maximum atomic E-state index is 3.43. The highest BCUT2D eigenvalue weighted by molar-refractivity contribution is 5.09. The van der Waals surface area contributed by atoms with Gasteiger partial charge >= 0.3 is 0 Å². The maximum absolute atomic E-state index is 3.43. The summed E-state index contributed by atoms with van der Waals surface area (Å²) in [6.07, 6.45) is 6.88. The van der Waals surface area contributed by atoms with Crippen molar-refractivity contribution in [3.63, 3.8) is 0 Å². The standard InChI is InChI=1S/C11H20N2/c1-3-5-7-12-9-11-6-8-13(4-2)10-11/h6,8,10,12H,3-5,7,9H2,1-2H3. The van der Waals surface area contributed by atoms with E-state index in [0.29, 0.717) is 0 Å². The molecule has 0 fully saturated rings. The zero-order valence-electron chi connectivity index (χ0n) is 8.71. The van der Waals surface area contributed by atoms with Gasteiger partial charge in [-0.25, -0.2) is 0 Å². The van der Waals surface area contributed by atoms with Gasteiger partial charge in [0.1, 0.15) is 0 Å². The Morgan fingerprint density at radius 1 is 1.38 bits per heavy atom. The predicted octanol–water partition coefficient (Wildman–Crippen LogP) is 2.40. The van der Waals surface area contributed by atoms with E-state index in [4.69, 9.17) is 0 Å². The summed E-state index contributed by atoms with van der Waals surface area (Å²) in [6, 6.07) is 2.18. The van der Waals surface area contributed by atoms with Gasteiger partial charge in [0.2, 0.25) is 0 Å². The Balaban J connectivity index is 2.20. The van der Waals surface area contributed by atoms with Crippen LogP contribution in [0.3, 0.4) is 0 Å². The van der Waals surface area contributed by atoms with Crippen LogP contribution in [0.25, 0.3) is 0 Å². The molecular weight excluding hydrogens is 160 g/mol. The number of unbranched alkanes of at least 4 members (excludes halogenated alkanes) is 1. The molecule has 0 aromatic carbocycles. The lowest BCUT2D eigenvalue weighted by molar-refractivity contribution is 0.640. The topological polar surface area (TPSA) is 17.0 Å². The average Bonchev–Trinajstić information content (AvgIpc) is 2.60. The predicted molar refractivity (Wildman–Crippen MR) is 56.7 cm³/mol. The molecule has 1 rings (SSSR count). The molecule has 0 saturated carbocycles. The fourth-order valence-corrected chi connectivity index (χ4v) is 1.33. The minimum Gasteiger partial charge on any atom is -0.354 e. The molecule has 13 heavy (non-hydrogen) atoms. The molecule has 1 N–H and O–H groups in total. The Morgan fingerprint density at radius 2 is 2.23 bits per heavy atom. The molecular formula is C11H20N2. The monoisotopic (exact) mass is 180 g/mol. The van der Waals surface area contributed by atoms with Crippen LogP contribution in [0.4, 0.5) is 0 Å². The van der Waals surface area contributed by atoms with Crippen LogP contribution < -0.4 is 5.32 Å². The summed E-state index contributed by atoms with van der Waals surface area (Å²) in [6.45, 7) is 7.58. The van der Waals surface area contributed by atoms with Gasteiger partial charge in [-0.3, -0.25) is 0 Å². The third-order valence-corrected chi connectivity index (χ3v) is 2.21. The third-order valence-electron chi connectivity index (χ3n) is 2.21. The van der Waals surface area contributed by atoms with Crippen LogP contribution in [0.2, 0.25) is 0 Å². The first-order chi connectivity index (χ1) is 6.36. The molecule has 1 aromatic rings. The Bertz CT molecular complexity index is 228. The number of aromatic nitrogens is 1. The van der Waals surface area contributed by atoms with E-state index in [9.17, 15) is 0 Å². The molecule has 0 aliphatic heterocycles. The van der Waals surface area contributed by atoms with Crippen LogP contribution >= 0.6 is 0 Å². The lowest BCUT2D eigenvalue weighted by Gasteiger charge is -2.00. The van der Waals surface area contributed by atoms with E-state index >= 15 is 0 Å². The highest BCUT2D eigenvalue weighted by Gasteiger charge is 1.94. The van der Waals surface area contributed by atoms with Gasteiger partial charge in [0.05, 0.1) is 0 Å². The molecule has 1 aromatic heterocycles. The molecule has 0 atom stereocenters. The van der Waals surface area contributed by atoms with Crippen LogP contribution in [0, 0.1) is 0 Å². The van der Waals surface area contributed by atoms with Crippen molar-refractivity contribution >= 4 is 0 Å². The van der Waals surface area contributed by atoms with E-state index in [1.54, 1.807) is 0 Å². The van der Waals surface area contributed by atoms with Crippen LogP contribution in [0.5, 0.6) is 0 Å². The minimum absolute atomic E-state index is 1.01. The smallest absolute Gasteiger partial charge is 0.0220 e. The van der Waals surface area contributed by atoms with Crippen molar-refractivity contribution in [3.8, 4) is 0 Å². The lowest BCUT2D eigenvalue weighted by Crippen LogP contribution is -2.13. The molecule has 2 heteroatoms. The van der Waals surface area contributed by atoms with E-state index in [-0.39, 0.29) is 0 Å². The lowest BCUT2D eigenvalue weighted by atomic mass is 10.3. The zero-order chi connectivity index (χ0) is 9.52. The largest absolute Gasteiger partial charge is 0.354 e. The Hall–Kier alpha value is -0.760. The first-order valence-corrected chi connectivity index (χ1v) is 5.22. The van der Waals surface area contributed by atoms with Gasteiger partial charge in [-0.1, -0.05) is 13.3 Å². The van der Waals surface area contributed by atoms with Crippen LogP contribution in [-0.2, 0) is 13.1 Å². The second-order valence-electron chi connectivity index (χ2n) is 3.38. The van der Waals surface area contributed by atoms with Gasteiger partial charge in [-0.15, -0.1) is 0 Å². The summed E-state index contributed by atoms with van der Waals surface area (Å²) in [5.74, 6) is 0. The van der Waals surface area contributed by atoms with E-state index in [2.05, 4.69) is 42.2 Å². The first-order valence-electron chi connectivity index (χ1n) is 5.22. The molecule has 1 heterocycles. The number of hydrogen-bond acceptors (Lipinski definition) is 1. The van der Waals surface area contributed by atoms with Crippen molar-refractivity contribution in [2.45, 2.75) is 39.8 Å². The first kappa shape index (κ1) is 10.3. The van der Waals surface area contributed by atoms with Crippen molar-refractivity contribution in [2.24, 2.45) is 0 Å². The van der Waals surface area contributed by atoms with Crippen LogP contribution in [0.1, 0.15) is 32.3 Å². The summed E-state index contributed by atoms with van der Waals surface area (Å²) in [5, 5.41) is 3.43. The quantitative estimate of drug-likeness (QED) is 0.665. The Morgan fingerprint density at radius 3 is 2.85 bits per heavy atom. The number of aryl methyl sites for hydroxylation is 1. The Kier molecular flexibility index (Phi) is 4.61. The zero-order valence-corrected chi connectivity index (χ0v) is 8.71. The van der Waals surface area contributed by atoms with E-state index in [1.807, 2.05) is 0 Å². The van der Waals surface area contributed by atoms with Gasteiger partial charge in [0.25, 0.3) is 0 Å². The van der Waals surface area contributed by atoms with E-state index < -0.39 is 0 Å². The summed E-state index contributed by atoms with van der Waals surface area (Å²) < 4.78 is 2.21. The number of nitrogens with zero attached hydrogens (tertiary/aromatic N) is 1. The normalized spacial score (nSPS) is 10.6. The molecule has 0 aliphatic rings. The van der Waals surface area contributed by atoms with Crippen LogP contribution in [-0.4, -0.2) is 11.1 Å².